The van der Waals surface area contributed by atoms with Crippen LogP contribution in [-0.4, -0.2) is 46.9 Å². The van der Waals surface area contributed by atoms with E-state index in [9.17, 15) is 0 Å². The highest BCUT2D eigenvalue weighted by Crippen LogP contribution is 2.20. The van der Waals surface area contributed by atoms with Crippen LogP contribution in [0.1, 0.15) is 26.7 Å². The molecule has 0 unspecified atom stereocenters. The van der Waals surface area contributed by atoms with Gasteiger partial charge in [-0.2, -0.15) is 5.10 Å². The molecule has 2 rings (SSSR count). The van der Waals surface area contributed by atoms with Gasteiger partial charge in [-0.15, -0.1) is 0 Å². The molecule has 1 saturated heterocycles. The van der Waals surface area contributed by atoms with E-state index in [1.165, 1.54) is 13.0 Å². The summed E-state index contributed by atoms with van der Waals surface area (Å²) in [5.41, 5.74) is 0. The highest BCUT2D eigenvalue weighted by Gasteiger charge is 2.28. The lowest BCUT2D eigenvalue weighted by atomic mass is 9.90. The van der Waals surface area contributed by atoms with Crippen LogP contribution in [0, 0.1) is 5.92 Å². The SMILES string of the molecule is C[C@@H]1CN(C)[C@@H](C)C[C@H]1NCCCn1cccn1. The van der Waals surface area contributed by atoms with Crippen LogP contribution in [0.15, 0.2) is 18.5 Å². The zero-order valence-corrected chi connectivity index (χ0v) is 11.8. The van der Waals surface area contributed by atoms with Crippen molar-refractivity contribution in [3.05, 3.63) is 18.5 Å². The van der Waals surface area contributed by atoms with Crippen LogP contribution in [0.4, 0.5) is 0 Å². The van der Waals surface area contributed by atoms with Gasteiger partial charge < -0.3 is 10.2 Å². The maximum absolute atomic E-state index is 4.22. The lowest BCUT2D eigenvalue weighted by Crippen LogP contribution is -2.51. The minimum absolute atomic E-state index is 0.675. The molecule has 1 aromatic rings. The number of rotatable bonds is 5. The van der Waals surface area contributed by atoms with Gasteiger partial charge in [-0.05, 0) is 45.3 Å². The van der Waals surface area contributed by atoms with Crippen molar-refractivity contribution >= 4 is 0 Å². The molecule has 0 aliphatic carbocycles. The summed E-state index contributed by atoms with van der Waals surface area (Å²) in [7, 11) is 2.23. The molecule has 102 valence electrons. The van der Waals surface area contributed by atoms with E-state index in [0.29, 0.717) is 12.1 Å². The third kappa shape index (κ3) is 3.56. The van der Waals surface area contributed by atoms with Crippen LogP contribution in [0.5, 0.6) is 0 Å². The van der Waals surface area contributed by atoms with Gasteiger partial charge >= 0.3 is 0 Å². The minimum atomic E-state index is 0.675. The second-order valence-corrected chi connectivity index (χ2v) is 5.68. The quantitative estimate of drug-likeness (QED) is 0.806. The van der Waals surface area contributed by atoms with Gasteiger partial charge in [-0.1, -0.05) is 6.92 Å². The lowest BCUT2D eigenvalue weighted by molar-refractivity contribution is 0.121. The molecule has 3 atom stereocenters. The molecule has 1 aliphatic heterocycles. The third-order valence-corrected chi connectivity index (χ3v) is 4.14. The number of hydrogen-bond acceptors (Lipinski definition) is 3. The van der Waals surface area contributed by atoms with Crippen molar-refractivity contribution in [3.63, 3.8) is 0 Å². The smallest absolute Gasteiger partial charge is 0.0489 e. The molecule has 1 aliphatic rings. The van der Waals surface area contributed by atoms with Crippen molar-refractivity contribution in [1.82, 2.24) is 20.0 Å². The summed E-state index contributed by atoms with van der Waals surface area (Å²) in [6, 6.07) is 3.35. The van der Waals surface area contributed by atoms with Crippen molar-refractivity contribution in [3.8, 4) is 0 Å². The van der Waals surface area contributed by atoms with E-state index in [1.807, 2.05) is 23.1 Å². The van der Waals surface area contributed by atoms with Crippen molar-refractivity contribution in [2.45, 2.75) is 45.3 Å². The van der Waals surface area contributed by atoms with Gasteiger partial charge in [0.05, 0.1) is 0 Å². The summed E-state index contributed by atoms with van der Waals surface area (Å²) in [4.78, 5) is 2.46. The summed E-state index contributed by atoms with van der Waals surface area (Å²) < 4.78 is 2.00. The van der Waals surface area contributed by atoms with Gasteiger partial charge in [0, 0.05) is 37.6 Å². The topological polar surface area (TPSA) is 33.1 Å². The Morgan fingerprint density at radius 3 is 2.94 bits per heavy atom. The Morgan fingerprint density at radius 1 is 1.39 bits per heavy atom. The molecular weight excluding hydrogens is 224 g/mol. The second kappa shape index (κ2) is 6.34. The van der Waals surface area contributed by atoms with Crippen LogP contribution in [0.2, 0.25) is 0 Å². The van der Waals surface area contributed by atoms with Gasteiger partial charge in [0.1, 0.15) is 0 Å². The standard InChI is InChI=1S/C14H26N4/c1-12-11-17(3)13(2)10-14(12)15-6-4-8-18-9-5-7-16-18/h5,7,9,12-15H,4,6,8,10-11H2,1-3H3/t12-,13+,14-/m1/s1. The molecular formula is C14H26N4. The van der Waals surface area contributed by atoms with E-state index in [0.717, 1.165) is 25.4 Å². The summed E-state index contributed by atoms with van der Waals surface area (Å²) >= 11 is 0. The Hall–Kier alpha value is -0.870. The van der Waals surface area contributed by atoms with E-state index in [-0.39, 0.29) is 0 Å². The van der Waals surface area contributed by atoms with Crippen molar-refractivity contribution in [1.29, 1.82) is 0 Å². The molecule has 0 saturated carbocycles. The first-order valence-electron chi connectivity index (χ1n) is 7.08. The fourth-order valence-electron chi connectivity index (χ4n) is 2.79. The number of likely N-dealkylation sites (tertiary alicyclic amines) is 1. The van der Waals surface area contributed by atoms with Crippen LogP contribution in [0.3, 0.4) is 0 Å². The zero-order chi connectivity index (χ0) is 13.0. The molecule has 1 aromatic heterocycles. The van der Waals surface area contributed by atoms with Crippen LogP contribution < -0.4 is 5.32 Å². The highest BCUT2D eigenvalue weighted by molar-refractivity contribution is 4.86. The largest absolute Gasteiger partial charge is 0.314 e. The number of hydrogen-bond donors (Lipinski definition) is 1. The molecule has 0 spiro atoms. The average molecular weight is 250 g/mol. The summed E-state index contributed by atoms with van der Waals surface area (Å²) in [5.74, 6) is 0.746. The molecule has 0 radical (unpaired) electrons. The van der Waals surface area contributed by atoms with E-state index in [2.05, 4.69) is 36.2 Å². The number of nitrogens with zero attached hydrogens (tertiary/aromatic N) is 3. The lowest BCUT2D eigenvalue weighted by Gasteiger charge is -2.40. The summed E-state index contributed by atoms with van der Waals surface area (Å²) in [6.07, 6.45) is 6.28. The van der Waals surface area contributed by atoms with Gasteiger partial charge in [0.2, 0.25) is 0 Å². The van der Waals surface area contributed by atoms with Crippen molar-refractivity contribution < 1.29 is 0 Å². The first-order valence-corrected chi connectivity index (χ1v) is 7.08. The van der Waals surface area contributed by atoms with Crippen LogP contribution in [-0.2, 0) is 6.54 Å². The molecule has 18 heavy (non-hydrogen) atoms. The van der Waals surface area contributed by atoms with E-state index in [1.54, 1.807) is 0 Å². The van der Waals surface area contributed by atoms with Gasteiger partial charge in [0.25, 0.3) is 0 Å². The number of aromatic nitrogens is 2. The predicted molar refractivity (Wildman–Crippen MR) is 74.5 cm³/mol. The predicted octanol–water partition coefficient (Wildman–Crippen LogP) is 1.59. The Bertz CT molecular complexity index is 336. The maximum atomic E-state index is 4.22. The zero-order valence-electron chi connectivity index (χ0n) is 11.8. The Kier molecular flexibility index (Phi) is 4.78. The molecule has 0 bridgehead atoms. The molecule has 1 fully saturated rings. The van der Waals surface area contributed by atoms with Gasteiger partial charge in [-0.25, -0.2) is 0 Å². The summed E-state index contributed by atoms with van der Waals surface area (Å²) in [5, 5.41) is 7.94. The molecule has 0 amide bonds. The van der Waals surface area contributed by atoms with Gasteiger partial charge in [-0.3, -0.25) is 4.68 Å². The maximum Gasteiger partial charge on any atom is 0.0489 e. The molecule has 4 nitrogen and oxygen atoms in total. The fraction of sp³-hybridized carbons (Fsp3) is 0.786. The van der Waals surface area contributed by atoms with E-state index < -0.39 is 0 Å². The minimum Gasteiger partial charge on any atom is -0.314 e. The molecule has 4 heteroatoms. The second-order valence-electron chi connectivity index (χ2n) is 5.68. The van der Waals surface area contributed by atoms with Crippen LogP contribution in [0.25, 0.3) is 0 Å². The molecule has 1 N–H and O–H groups in total. The first-order chi connectivity index (χ1) is 8.66. The van der Waals surface area contributed by atoms with Crippen molar-refractivity contribution in [2.75, 3.05) is 20.1 Å². The van der Waals surface area contributed by atoms with Crippen LogP contribution >= 0.6 is 0 Å². The third-order valence-electron chi connectivity index (χ3n) is 4.14. The highest BCUT2D eigenvalue weighted by atomic mass is 15.3. The van der Waals surface area contributed by atoms with Crippen molar-refractivity contribution in [2.24, 2.45) is 5.92 Å². The Labute approximate surface area is 110 Å². The Balaban J connectivity index is 1.67. The average Bonchev–Trinajstić information content (AvgIpc) is 2.84. The van der Waals surface area contributed by atoms with Gasteiger partial charge in [0.15, 0.2) is 0 Å². The first kappa shape index (κ1) is 13.6. The monoisotopic (exact) mass is 250 g/mol. The normalized spacial score (nSPS) is 29.6. The molecule has 0 aromatic carbocycles. The fourth-order valence-corrected chi connectivity index (χ4v) is 2.79. The van der Waals surface area contributed by atoms with E-state index >= 15 is 0 Å². The number of piperidine rings is 1. The summed E-state index contributed by atoms with van der Waals surface area (Å²) in [6.45, 7) is 7.98. The number of nitrogens with one attached hydrogen (secondary N) is 1. The molecule has 2 heterocycles. The number of aryl methyl sites for hydroxylation is 1. The Morgan fingerprint density at radius 2 is 2.22 bits per heavy atom. The van der Waals surface area contributed by atoms with E-state index in [4.69, 9.17) is 0 Å².